The summed E-state index contributed by atoms with van der Waals surface area (Å²) in [7, 11) is 0. The minimum Gasteiger partial charge on any atom is -0.347 e. The van der Waals surface area contributed by atoms with Crippen molar-refractivity contribution in [2.24, 2.45) is 5.73 Å². The molecule has 0 aliphatic carbocycles. The molecule has 0 fully saturated rings. The fourth-order valence-corrected chi connectivity index (χ4v) is 1.79. The van der Waals surface area contributed by atoms with Gasteiger partial charge in [0.15, 0.2) is 0 Å². The smallest absolute Gasteiger partial charge is 0.313 e. The van der Waals surface area contributed by atoms with Crippen LogP contribution in [0.5, 0.6) is 0 Å². The number of hydrogen-bond donors (Lipinski definition) is 3. The molecule has 20 heavy (non-hydrogen) atoms. The quantitative estimate of drug-likeness (QED) is 0.711. The van der Waals surface area contributed by atoms with Gasteiger partial charge in [-0.1, -0.05) is 18.2 Å². The Morgan fingerprint density at radius 2 is 2.00 bits per heavy atom. The number of nitrogens with one attached hydrogen (secondary N) is 2. The number of nitrogens with zero attached hydrogens (tertiary/aromatic N) is 1. The number of amides is 2. The van der Waals surface area contributed by atoms with Gasteiger partial charge in [0.1, 0.15) is 0 Å². The molecule has 0 bridgehead atoms. The van der Waals surface area contributed by atoms with Gasteiger partial charge in [-0.2, -0.15) is 0 Å². The number of aromatic nitrogens is 1. The zero-order valence-electron chi connectivity index (χ0n) is 11.1. The van der Waals surface area contributed by atoms with Crippen molar-refractivity contribution in [3.05, 3.63) is 36.0 Å². The first-order valence-electron chi connectivity index (χ1n) is 6.27. The van der Waals surface area contributed by atoms with Crippen LogP contribution < -0.4 is 16.4 Å². The first-order chi connectivity index (χ1) is 9.61. The van der Waals surface area contributed by atoms with E-state index in [0.717, 1.165) is 11.1 Å². The van der Waals surface area contributed by atoms with Crippen LogP contribution in [-0.2, 0) is 9.59 Å². The Balaban J connectivity index is 2.23. The number of hydrogen-bond acceptors (Lipinski definition) is 4. The molecule has 2 aromatic rings. The monoisotopic (exact) mass is 272 g/mol. The van der Waals surface area contributed by atoms with Gasteiger partial charge in [0, 0.05) is 24.2 Å². The van der Waals surface area contributed by atoms with E-state index in [0.29, 0.717) is 11.2 Å². The van der Waals surface area contributed by atoms with Gasteiger partial charge in [0.2, 0.25) is 0 Å². The summed E-state index contributed by atoms with van der Waals surface area (Å²) in [6, 6.07) is 9.21. The number of anilines is 1. The van der Waals surface area contributed by atoms with Gasteiger partial charge in [0.05, 0.1) is 11.2 Å². The van der Waals surface area contributed by atoms with Gasteiger partial charge >= 0.3 is 11.8 Å². The average molecular weight is 272 g/mol. The highest BCUT2D eigenvalue weighted by Crippen LogP contribution is 2.21. The van der Waals surface area contributed by atoms with Gasteiger partial charge in [-0.3, -0.25) is 14.6 Å². The van der Waals surface area contributed by atoms with Crippen molar-refractivity contribution in [1.82, 2.24) is 10.3 Å². The van der Waals surface area contributed by atoms with E-state index in [1.54, 1.807) is 12.1 Å². The Hall–Kier alpha value is -2.47. The summed E-state index contributed by atoms with van der Waals surface area (Å²) in [5.41, 5.74) is 7.28. The van der Waals surface area contributed by atoms with E-state index in [4.69, 9.17) is 5.73 Å². The molecule has 0 unspecified atom stereocenters. The predicted octanol–water partition coefficient (Wildman–Crippen LogP) is 0.557. The number of aryl methyl sites for hydroxylation is 1. The number of carbonyl (C=O) groups excluding carboxylic acids is 2. The minimum absolute atomic E-state index is 0.263. The van der Waals surface area contributed by atoms with Gasteiger partial charge in [-0.15, -0.1) is 0 Å². The molecule has 104 valence electrons. The molecule has 0 aliphatic heterocycles. The van der Waals surface area contributed by atoms with E-state index in [2.05, 4.69) is 15.6 Å². The lowest BCUT2D eigenvalue weighted by Crippen LogP contribution is -2.38. The average Bonchev–Trinajstić information content (AvgIpc) is 2.45. The van der Waals surface area contributed by atoms with Crippen molar-refractivity contribution in [2.75, 3.05) is 18.4 Å². The van der Waals surface area contributed by atoms with E-state index in [1.165, 1.54) is 0 Å². The summed E-state index contributed by atoms with van der Waals surface area (Å²) in [5, 5.41) is 5.88. The van der Waals surface area contributed by atoms with Crippen LogP contribution in [0.4, 0.5) is 5.69 Å². The molecule has 0 saturated carbocycles. The number of rotatable bonds is 3. The summed E-state index contributed by atoms with van der Waals surface area (Å²) >= 11 is 0. The lowest BCUT2D eigenvalue weighted by Gasteiger charge is -2.08. The standard InChI is InChI=1S/C14H16N4O2/c1-9-5-6-10-3-2-4-11(12(10)17-9)18-14(20)13(19)16-8-7-15/h2-6H,7-8,15H2,1H3,(H,16,19)(H,18,20). The van der Waals surface area contributed by atoms with Crippen molar-refractivity contribution in [1.29, 1.82) is 0 Å². The Morgan fingerprint density at radius 3 is 2.75 bits per heavy atom. The molecular weight excluding hydrogens is 256 g/mol. The fourth-order valence-electron chi connectivity index (χ4n) is 1.79. The number of para-hydroxylation sites is 1. The molecule has 0 aliphatic rings. The molecule has 4 N–H and O–H groups in total. The molecule has 0 spiro atoms. The predicted molar refractivity (Wildman–Crippen MR) is 77.2 cm³/mol. The van der Waals surface area contributed by atoms with E-state index in [9.17, 15) is 9.59 Å². The summed E-state index contributed by atoms with van der Waals surface area (Å²) in [5.74, 6) is -1.44. The third kappa shape index (κ3) is 3.10. The van der Waals surface area contributed by atoms with Gasteiger partial charge < -0.3 is 16.4 Å². The van der Waals surface area contributed by atoms with Gasteiger partial charge in [-0.25, -0.2) is 0 Å². The molecule has 1 aromatic heterocycles. The third-order valence-electron chi connectivity index (χ3n) is 2.74. The van der Waals surface area contributed by atoms with Gasteiger partial charge in [-0.05, 0) is 19.1 Å². The van der Waals surface area contributed by atoms with Crippen LogP contribution in [0, 0.1) is 6.92 Å². The first kappa shape index (κ1) is 14.0. The molecule has 0 radical (unpaired) electrons. The Labute approximate surface area is 116 Å². The number of pyridine rings is 1. The number of benzene rings is 1. The van der Waals surface area contributed by atoms with Crippen molar-refractivity contribution in [2.45, 2.75) is 6.92 Å². The van der Waals surface area contributed by atoms with Crippen LogP contribution in [-0.4, -0.2) is 29.9 Å². The van der Waals surface area contributed by atoms with Crippen LogP contribution in [0.15, 0.2) is 30.3 Å². The largest absolute Gasteiger partial charge is 0.347 e. The minimum atomic E-state index is -0.728. The first-order valence-corrected chi connectivity index (χ1v) is 6.27. The molecule has 0 saturated heterocycles. The maximum Gasteiger partial charge on any atom is 0.313 e. The Bertz CT molecular complexity index is 655. The second-order valence-corrected chi connectivity index (χ2v) is 4.33. The van der Waals surface area contributed by atoms with Crippen molar-refractivity contribution < 1.29 is 9.59 Å². The SMILES string of the molecule is Cc1ccc2cccc(NC(=O)C(=O)NCCN)c2n1. The van der Waals surface area contributed by atoms with Crippen molar-refractivity contribution in [3.63, 3.8) is 0 Å². The molecule has 0 atom stereocenters. The summed E-state index contributed by atoms with van der Waals surface area (Å²) < 4.78 is 0. The van der Waals surface area contributed by atoms with Crippen LogP contribution >= 0.6 is 0 Å². The Morgan fingerprint density at radius 1 is 1.20 bits per heavy atom. The molecule has 1 aromatic carbocycles. The second kappa shape index (κ2) is 6.12. The highest BCUT2D eigenvalue weighted by molar-refractivity contribution is 6.40. The molecule has 6 nitrogen and oxygen atoms in total. The normalized spacial score (nSPS) is 10.3. The lowest BCUT2D eigenvalue weighted by molar-refractivity contribution is -0.136. The number of carbonyl (C=O) groups is 2. The zero-order valence-corrected chi connectivity index (χ0v) is 11.1. The summed E-state index contributed by atoms with van der Waals surface area (Å²) in [6.45, 7) is 2.42. The third-order valence-corrected chi connectivity index (χ3v) is 2.74. The van der Waals surface area contributed by atoms with Crippen LogP contribution in [0.1, 0.15) is 5.69 Å². The molecular formula is C14H16N4O2. The van der Waals surface area contributed by atoms with E-state index in [-0.39, 0.29) is 13.1 Å². The van der Waals surface area contributed by atoms with Crippen molar-refractivity contribution >= 4 is 28.4 Å². The molecule has 2 amide bonds. The number of nitrogens with two attached hydrogens (primary N) is 1. The highest BCUT2D eigenvalue weighted by atomic mass is 16.2. The highest BCUT2D eigenvalue weighted by Gasteiger charge is 2.14. The maximum absolute atomic E-state index is 11.8. The van der Waals surface area contributed by atoms with E-state index < -0.39 is 11.8 Å². The number of fused-ring (bicyclic) bond motifs is 1. The maximum atomic E-state index is 11.8. The van der Waals surface area contributed by atoms with Crippen LogP contribution in [0.25, 0.3) is 10.9 Å². The lowest BCUT2D eigenvalue weighted by atomic mass is 10.1. The van der Waals surface area contributed by atoms with Crippen LogP contribution in [0.2, 0.25) is 0 Å². The molecule has 6 heteroatoms. The van der Waals surface area contributed by atoms with E-state index >= 15 is 0 Å². The Kier molecular flexibility index (Phi) is 4.27. The second-order valence-electron chi connectivity index (χ2n) is 4.33. The van der Waals surface area contributed by atoms with Crippen molar-refractivity contribution in [3.8, 4) is 0 Å². The van der Waals surface area contributed by atoms with Gasteiger partial charge in [0.25, 0.3) is 0 Å². The fraction of sp³-hybridized carbons (Fsp3) is 0.214. The molecule has 2 rings (SSSR count). The van der Waals surface area contributed by atoms with E-state index in [1.807, 2.05) is 25.1 Å². The summed E-state index contributed by atoms with van der Waals surface area (Å²) in [6.07, 6.45) is 0. The summed E-state index contributed by atoms with van der Waals surface area (Å²) in [4.78, 5) is 27.6. The molecule has 1 heterocycles. The zero-order chi connectivity index (χ0) is 14.5. The van der Waals surface area contributed by atoms with Crippen LogP contribution in [0.3, 0.4) is 0 Å². The topological polar surface area (TPSA) is 97.1 Å².